The van der Waals surface area contributed by atoms with E-state index >= 15 is 0 Å². The van der Waals surface area contributed by atoms with Crippen molar-refractivity contribution in [2.45, 2.75) is 45.8 Å². The molecule has 1 aromatic carbocycles. The molecule has 0 saturated carbocycles. The minimum Gasteiger partial charge on any atom is -0.493 e. The van der Waals surface area contributed by atoms with Crippen molar-refractivity contribution in [2.24, 2.45) is 0 Å². The number of fused-ring (bicyclic) bond motifs is 1. The second-order valence-corrected chi connectivity index (χ2v) is 7.63. The minimum atomic E-state index is -0.538. The van der Waals surface area contributed by atoms with E-state index in [-0.39, 0.29) is 17.8 Å². The molecule has 1 saturated heterocycles. The molecule has 1 atom stereocenters. The molecule has 2 aromatic rings. The topological polar surface area (TPSA) is 93.7 Å². The molecule has 27 heavy (non-hydrogen) atoms. The lowest BCUT2D eigenvalue weighted by Crippen LogP contribution is -2.36. The number of rotatable bonds is 3. The second-order valence-electron chi connectivity index (χ2n) is 7.63. The van der Waals surface area contributed by atoms with E-state index in [0.717, 1.165) is 0 Å². The zero-order valence-corrected chi connectivity index (χ0v) is 16.3. The van der Waals surface area contributed by atoms with Gasteiger partial charge < -0.3 is 24.1 Å². The number of aromatic amines is 1. The van der Waals surface area contributed by atoms with E-state index in [1.807, 2.05) is 20.8 Å². The zero-order valence-electron chi connectivity index (χ0n) is 16.3. The van der Waals surface area contributed by atoms with Gasteiger partial charge in [0.15, 0.2) is 11.5 Å². The molecule has 8 heteroatoms. The number of amides is 1. The molecule has 2 heterocycles. The highest BCUT2D eigenvalue weighted by molar-refractivity contribution is 5.81. The zero-order chi connectivity index (χ0) is 19.8. The van der Waals surface area contributed by atoms with Crippen LogP contribution in [-0.2, 0) is 4.74 Å². The number of nitrogens with one attached hydrogen (secondary N) is 1. The molecular weight excluding hydrogens is 350 g/mol. The molecule has 1 N–H and O–H groups in total. The number of carbonyl (C=O) groups is 1. The van der Waals surface area contributed by atoms with Crippen LogP contribution in [0.4, 0.5) is 4.79 Å². The summed E-state index contributed by atoms with van der Waals surface area (Å²) in [6.07, 6.45) is 0.111. The van der Waals surface area contributed by atoms with Crippen LogP contribution in [0.2, 0.25) is 0 Å². The quantitative estimate of drug-likeness (QED) is 0.886. The fourth-order valence-corrected chi connectivity index (χ4v) is 3.01. The van der Waals surface area contributed by atoms with Crippen LogP contribution in [0.15, 0.2) is 16.9 Å². The summed E-state index contributed by atoms with van der Waals surface area (Å²) in [7, 11) is 1.54. The first-order chi connectivity index (χ1) is 12.7. The molecule has 0 bridgehead atoms. The van der Waals surface area contributed by atoms with Crippen LogP contribution in [-0.4, -0.2) is 52.9 Å². The van der Waals surface area contributed by atoms with Crippen LogP contribution < -0.4 is 15.0 Å². The van der Waals surface area contributed by atoms with Crippen LogP contribution in [0.25, 0.3) is 10.9 Å². The SMILES string of the molecule is COc1cc2nc(C)[nH]c(=O)c2cc1O[C@H]1CCN(C(=O)OC(C)(C)C)C1. The molecule has 1 aromatic heterocycles. The molecule has 3 rings (SSSR count). The Hall–Kier alpha value is -2.77. The maximum absolute atomic E-state index is 12.2. The van der Waals surface area contributed by atoms with Gasteiger partial charge in [-0.15, -0.1) is 0 Å². The Morgan fingerprint density at radius 2 is 2.04 bits per heavy atom. The van der Waals surface area contributed by atoms with E-state index in [2.05, 4.69) is 9.97 Å². The van der Waals surface area contributed by atoms with E-state index in [9.17, 15) is 9.59 Å². The molecule has 1 aliphatic rings. The number of benzene rings is 1. The van der Waals surface area contributed by atoms with Crippen molar-refractivity contribution in [3.05, 3.63) is 28.3 Å². The van der Waals surface area contributed by atoms with Gasteiger partial charge in [0.05, 0.1) is 24.6 Å². The highest BCUT2D eigenvalue weighted by Gasteiger charge is 2.31. The average molecular weight is 375 g/mol. The van der Waals surface area contributed by atoms with E-state index in [1.54, 1.807) is 24.0 Å². The molecule has 8 nitrogen and oxygen atoms in total. The van der Waals surface area contributed by atoms with E-state index in [1.165, 1.54) is 7.11 Å². The number of aryl methyl sites for hydroxylation is 1. The highest BCUT2D eigenvalue weighted by Crippen LogP contribution is 2.32. The summed E-state index contributed by atoms with van der Waals surface area (Å²) < 4.78 is 16.9. The van der Waals surface area contributed by atoms with Crippen LogP contribution in [0.1, 0.15) is 33.0 Å². The Kier molecular flexibility index (Phi) is 4.99. The maximum Gasteiger partial charge on any atom is 0.410 e. The molecule has 0 unspecified atom stereocenters. The highest BCUT2D eigenvalue weighted by atomic mass is 16.6. The Bertz CT molecular complexity index is 916. The van der Waals surface area contributed by atoms with Crippen molar-refractivity contribution < 1.29 is 19.0 Å². The standard InChI is InChI=1S/C19H25N3O5/c1-11-20-14-9-15(25-5)16(8-13(14)17(23)21-11)26-12-6-7-22(10-12)18(24)27-19(2,3)4/h8-9,12H,6-7,10H2,1-5H3,(H,20,21,23)/t12-/m0/s1. The van der Waals surface area contributed by atoms with Gasteiger partial charge in [0, 0.05) is 19.0 Å². The van der Waals surface area contributed by atoms with Crippen molar-refractivity contribution in [2.75, 3.05) is 20.2 Å². The Balaban J connectivity index is 1.79. The lowest BCUT2D eigenvalue weighted by atomic mass is 10.2. The predicted molar refractivity (Wildman–Crippen MR) is 100 cm³/mol. The summed E-state index contributed by atoms with van der Waals surface area (Å²) in [5.41, 5.74) is -0.224. The van der Waals surface area contributed by atoms with Crippen LogP contribution >= 0.6 is 0 Å². The molecule has 1 aliphatic heterocycles. The fourth-order valence-electron chi connectivity index (χ4n) is 3.01. The molecule has 0 spiro atoms. The number of aromatic nitrogens is 2. The first kappa shape index (κ1) is 19.0. The number of carbonyl (C=O) groups excluding carboxylic acids is 1. The third kappa shape index (κ3) is 4.32. The lowest BCUT2D eigenvalue weighted by Gasteiger charge is -2.24. The Morgan fingerprint density at radius 1 is 1.30 bits per heavy atom. The minimum absolute atomic E-state index is 0.207. The van der Waals surface area contributed by atoms with Crippen LogP contribution in [0, 0.1) is 6.92 Å². The smallest absolute Gasteiger partial charge is 0.410 e. The third-order valence-corrected chi connectivity index (χ3v) is 4.20. The van der Waals surface area contributed by atoms with Crippen molar-refractivity contribution >= 4 is 17.0 Å². The molecule has 1 fully saturated rings. The Labute approximate surface area is 157 Å². The number of hydrogen-bond acceptors (Lipinski definition) is 6. The number of likely N-dealkylation sites (tertiary alicyclic amines) is 1. The van der Waals surface area contributed by atoms with Gasteiger partial charge in [0.25, 0.3) is 5.56 Å². The number of methoxy groups -OCH3 is 1. The van der Waals surface area contributed by atoms with Gasteiger partial charge in [-0.25, -0.2) is 9.78 Å². The second kappa shape index (κ2) is 7.09. The van der Waals surface area contributed by atoms with Crippen LogP contribution in [0.3, 0.4) is 0 Å². The van der Waals surface area contributed by atoms with Gasteiger partial charge in [-0.3, -0.25) is 4.79 Å². The number of H-pyrrole nitrogens is 1. The molecule has 0 radical (unpaired) electrons. The van der Waals surface area contributed by atoms with Crippen LogP contribution in [0.5, 0.6) is 11.5 Å². The Morgan fingerprint density at radius 3 is 2.70 bits per heavy atom. The molecule has 146 valence electrons. The van der Waals surface area contributed by atoms with Gasteiger partial charge in [-0.05, 0) is 33.8 Å². The van der Waals surface area contributed by atoms with E-state index < -0.39 is 5.60 Å². The third-order valence-electron chi connectivity index (χ3n) is 4.20. The van der Waals surface area contributed by atoms with Crippen molar-refractivity contribution in [3.63, 3.8) is 0 Å². The van der Waals surface area contributed by atoms with Crippen molar-refractivity contribution in [1.29, 1.82) is 0 Å². The van der Waals surface area contributed by atoms with Crippen molar-refractivity contribution in [3.8, 4) is 11.5 Å². The first-order valence-electron chi connectivity index (χ1n) is 8.89. The number of nitrogens with zero attached hydrogens (tertiary/aromatic N) is 2. The summed E-state index contributed by atoms with van der Waals surface area (Å²) in [6, 6.07) is 3.32. The van der Waals surface area contributed by atoms with Gasteiger partial charge in [-0.1, -0.05) is 0 Å². The van der Waals surface area contributed by atoms with Gasteiger partial charge in [0.1, 0.15) is 17.5 Å². The first-order valence-corrected chi connectivity index (χ1v) is 8.89. The normalized spacial score (nSPS) is 17.2. The van der Waals surface area contributed by atoms with E-state index in [0.29, 0.717) is 47.7 Å². The molecule has 1 amide bonds. The monoisotopic (exact) mass is 375 g/mol. The number of ether oxygens (including phenoxy) is 3. The van der Waals surface area contributed by atoms with Gasteiger partial charge >= 0.3 is 6.09 Å². The maximum atomic E-state index is 12.2. The lowest BCUT2D eigenvalue weighted by molar-refractivity contribution is 0.0275. The summed E-state index contributed by atoms with van der Waals surface area (Å²) in [4.78, 5) is 33.0. The van der Waals surface area contributed by atoms with Crippen molar-refractivity contribution in [1.82, 2.24) is 14.9 Å². The summed E-state index contributed by atoms with van der Waals surface area (Å²) in [5, 5.41) is 0.429. The fraction of sp³-hybridized carbons (Fsp3) is 0.526. The van der Waals surface area contributed by atoms with Gasteiger partial charge in [-0.2, -0.15) is 0 Å². The molecular formula is C19H25N3O5. The average Bonchev–Trinajstić information content (AvgIpc) is 3.02. The summed E-state index contributed by atoms with van der Waals surface area (Å²) in [5.74, 6) is 1.49. The predicted octanol–water partition coefficient (Wildman–Crippen LogP) is 2.63. The molecule has 0 aliphatic carbocycles. The summed E-state index contributed by atoms with van der Waals surface area (Å²) in [6.45, 7) is 8.20. The number of hydrogen-bond donors (Lipinski definition) is 1. The van der Waals surface area contributed by atoms with E-state index in [4.69, 9.17) is 14.2 Å². The summed E-state index contributed by atoms with van der Waals surface area (Å²) >= 11 is 0. The van der Waals surface area contributed by atoms with Gasteiger partial charge in [0.2, 0.25) is 0 Å². The largest absolute Gasteiger partial charge is 0.493 e.